The van der Waals surface area contributed by atoms with Gasteiger partial charge in [-0.3, -0.25) is 9.69 Å². The van der Waals surface area contributed by atoms with Gasteiger partial charge in [0.15, 0.2) is 0 Å². The molecule has 1 heterocycles. The van der Waals surface area contributed by atoms with Gasteiger partial charge in [-0.1, -0.05) is 11.6 Å². The highest BCUT2D eigenvalue weighted by molar-refractivity contribution is 6.30. The number of esters is 1. The van der Waals surface area contributed by atoms with Crippen molar-refractivity contribution >= 4 is 17.6 Å². The quantitative estimate of drug-likeness (QED) is 0.868. The van der Waals surface area contributed by atoms with Crippen LogP contribution in [0, 0.1) is 13.8 Å². The predicted octanol–water partition coefficient (Wildman–Crippen LogP) is 2.07. The molecule has 1 aliphatic heterocycles. The number of rotatable bonds is 3. The van der Waals surface area contributed by atoms with Crippen molar-refractivity contribution < 1.29 is 14.6 Å². The Morgan fingerprint density at radius 3 is 2.60 bits per heavy atom. The third-order valence-electron chi connectivity index (χ3n) is 3.88. The average molecular weight is 298 g/mol. The first-order valence-electron chi connectivity index (χ1n) is 6.68. The van der Waals surface area contributed by atoms with Crippen LogP contribution >= 0.6 is 11.6 Å². The van der Waals surface area contributed by atoms with Crippen molar-refractivity contribution in [3.63, 3.8) is 0 Å². The number of aliphatic hydroxyl groups excluding tert-OH is 1. The van der Waals surface area contributed by atoms with Crippen LogP contribution in [-0.2, 0) is 16.1 Å². The highest BCUT2D eigenvalue weighted by Crippen LogP contribution is 2.26. The first kappa shape index (κ1) is 15.3. The van der Waals surface area contributed by atoms with Crippen LogP contribution in [0.15, 0.2) is 12.1 Å². The summed E-state index contributed by atoms with van der Waals surface area (Å²) in [7, 11) is 1.38. The highest BCUT2D eigenvalue weighted by atomic mass is 35.5. The van der Waals surface area contributed by atoms with E-state index in [0.717, 1.165) is 21.7 Å². The molecule has 1 fully saturated rings. The van der Waals surface area contributed by atoms with Crippen molar-refractivity contribution in [2.24, 2.45) is 0 Å². The molecule has 0 radical (unpaired) electrons. The van der Waals surface area contributed by atoms with Gasteiger partial charge in [0.25, 0.3) is 0 Å². The molecule has 0 amide bonds. The Balaban J connectivity index is 2.22. The Morgan fingerprint density at radius 2 is 2.05 bits per heavy atom. The number of methoxy groups -OCH3 is 1. The number of hydrogen-bond acceptors (Lipinski definition) is 4. The molecule has 0 saturated carbocycles. The van der Waals surface area contributed by atoms with E-state index in [2.05, 4.69) is 0 Å². The Bertz CT molecular complexity index is 495. The average Bonchev–Trinajstić information content (AvgIpc) is 2.74. The number of ether oxygens (including phenoxy) is 1. The summed E-state index contributed by atoms with van der Waals surface area (Å²) in [5.74, 6) is -0.286. The van der Waals surface area contributed by atoms with Gasteiger partial charge in [-0.05, 0) is 42.7 Å². The molecule has 0 bridgehead atoms. The van der Waals surface area contributed by atoms with E-state index in [9.17, 15) is 9.90 Å². The Hall–Kier alpha value is -1.10. The molecule has 1 aromatic rings. The molecule has 1 aliphatic rings. The maximum Gasteiger partial charge on any atom is 0.323 e. The zero-order valence-electron chi connectivity index (χ0n) is 12.0. The number of carbonyl (C=O) groups is 1. The second kappa shape index (κ2) is 6.12. The van der Waals surface area contributed by atoms with E-state index < -0.39 is 6.10 Å². The zero-order valence-corrected chi connectivity index (χ0v) is 12.8. The Morgan fingerprint density at radius 1 is 1.45 bits per heavy atom. The van der Waals surface area contributed by atoms with Gasteiger partial charge in [-0.25, -0.2) is 0 Å². The monoisotopic (exact) mass is 297 g/mol. The van der Waals surface area contributed by atoms with Gasteiger partial charge in [0.1, 0.15) is 6.04 Å². The summed E-state index contributed by atoms with van der Waals surface area (Å²) < 4.78 is 4.82. The van der Waals surface area contributed by atoms with Gasteiger partial charge < -0.3 is 9.84 Å². The second-order valence-corrected chi connectivity index (χ2v) is 5.81. The topological polar surface area (TPSA) is 49.8 Å². The molecular weight excluding hydrogens is 278 g/mol. The minimum absolute atomic E-state index is 0.286. The molecule has 1 saturated heterocycles. The molecule has 0 aliphatic carbocycles. The van der Waals surface area contributed by atoms with Crippen molar-refractivity contribution in [3.05, 3.63) is 33.8 Å². The third-order valence-corrected chi connectivity index (χ3v) is 4.09. The predicted molar refractivity (Wildman–Crippen MR) is 77.8 cm³/mol. The van der Waals surface area contributed by atoms with Crippen molar-refractivity contribution in [1.82, 2.24) is 4.90 Å². The second-order valence-electron chi connectivity index (χ2n) is 5.38. The standard InChI is InChI=1S/C15H20ClNO3/c1-9-4-11(16)5-10(2)13(9)8-17-7-12(18)6-14(17)15(19)20-3/h4-5,12,14,18H,6-8H2,1-3H3/t12-,14-/m1/s1. The summed E-state index contributed by atoms with van der Waals surface area (Å²) in [5.41, 5.74) is 3.34. The van der Waals surface area contributed by atoms with Crippen LogP contribution in [0.4, 0.5) is 0 Å². The molecule has 2 atom stereocenters. The molecule has 20 heavy (non-hydrogen) atoms. The molecule has 0 spiro atoms. The number of aryl methyl sites for hydroxylation is 2. The number of carbonyl (C=O) groups excluding carboxylic acids is 1. The van der Waals surface area contributed by atoms with Gasteiger partial charge in [0.05, 0.1) is 13.2 Å². The minimum atomic E-state index is -0.480. The zero-order chi connectivity index (χ0) is 14.9. The summed E-state index contributed by atoms with van der Waals surface area (Å²) in [6.07, 6.45) is -0.0507. The van der Waals surface area contributed by atoms with Gasteiger partial charge in [0.2, 0.25) is 0 Å². The molecule has 0 aromatic heterocycles. The minimum Gasteiger partial charge on any atom is -0.468 e. The van der Waals surface area contributed by atoms with Crippen LogP contribution in [0.5, 0.6) is 0 Å². The summed E-state index contributed by atoms with van der Waals surface area (Å²) in [4.78, 5) is 13.8. The van der Waals surface area contributed by atoms with E-state index in [-0.39, 0.29) is 12.0 Å². The van der Waals surface area contributed by atoms with Crippen molar-refractivity contribution in [2.75, 3.05) is 13.7 Å². The van der Waals surface area contributed by atoms with Crippen LogP contribution in [0.25, 0.3) is 0 Å². The van der Waals surface area contributed by atoms with Crippen LogP contribution in [0.1, 0.15) is 23.1 Å². The summed E-state index contributed by atoms with van der Waals surface area (Å²) >= 11 is 6.04. The SMILES string of the molecule is COC(=O)[C@H]1C[C@@H](O)CN1Cc1c(C)cc(Cl)cc1C. The van der Waals surface area contributed by atoms with Crippen molar-refractivity contribution in [1.29, 1.82) is 0 Å². The number of aliphatic hydroxyl groups is 1. The van der Waals surface area contributed by atoms with Crippen molar-refractivity contribution in [2.45, 2.75) is 39.0 Å². The fourth-order valence-electron chi connectivity index (χ4n) is 2.83. The lowest BCUT2D eigenvalue weighted by atomic mass is 10.0. The van der Waals surface area contributed by atoms with Gasteiger partial charge in [-0.15, -0.1) is 0 Å². The Labute approximate surface area is 124 Å². The van der Waals surface area contributed by atoms with Gasteiger partial charge in [-0.2, -0.15) is 0 Å². The van der Waals surface area contributed by atoms with Crippen LogP contribution in [0.3, 0.4) is 0 Å². The van der Waals surface area contributed by atoms with E-state index in [1.165, 1.54) is 7.11 Å². The fourth-order valence-corrected chi connectivity index (χ4v) is 3.16. The van der Waals surface area contributed by atoms with Crippen LogP contribution in [0.2, 0.25) is 5.02 Å². The lowest BCUT2D eigenvalue weighted by Crippen LogP contribution is -2.36. The molecule has 110 valence electrons. The number of hydrogen-bond donors (Lipinski definition) is 1. The number of halogens is 1. The number of β-amino-alcohol motifs (C(OH)–C–C–N with tert-alkyl or cyclic N) is 1. The molecular formula is C15H20ClNO3. The molecule has 0 unspecified atom stereocenters. The largest absolute Gasteiger partial charge is 0.468 e. The lowest BCUT2D eigenvalue weighted by molar-refractivity contribution is -0.146. The molecule has 4 nitrogen and oxygen atoms in total. The smallest absolute Gasteiger partial charge is 0.323 e. The summed E-state index contributed by atoms with van der Waals surface area (Å²) in [5, 5.41) is 10.5. The van der Waals surface area contributed by atoms with E-state index in [1.54, 1.807) is 0 Å². The van der Waals surface area contributed by atoms with E-state index in [0.29, 0.717) is 19.5 Å². The van der Waals surface area contributed by atoms with E-state index >= 15 is 0 Å². The third kappa shape index (κ3) is 3.14. The number of nitrogens with zero attached hydrogens (tertiary/aromatic N) is 1. The first-order valence-corrected chi connectivity index (χ1v) is 7.05. The van der Waals surface area contributed by atoms with E-state index in [1.807, 2.05) is 30.9 Å². The van der Waals surface area contributed by atoms with Crippen LogP contribution < -0.4 is 0 Å². The maximum atomic E-state index is 11.8. The summed E-state index contributed by atoms with van der Waals surface area (Å²) in [6.45, 7) is 5.12. The fraction of sp³-hybridized carbons (Fsp3) is 0.533. The van der Waals surface area contributed by atoms with E-state index in [4.69, 9.17) is 16.3 Å². The molecule has 1 N–H and O–H groups in total. The Kier molecular flexibility index (Phi) is 4.68. The first-order chi connectivity index (χ1) is 9.42. The van der Waals surface area contributed by atoms with Gasteiger partial charge >= 0.3 is 5.97 Å². The number of likely N-dealkylation sites (tertiary alicyclic amines) is 1. The lowest BCUT2D eigenvalue weighted by Gasteiger charge is -2.24. The molecule has 5 heteroatoms. The highest BCUT2D eigenvalue weighted by Gasteiger charge is 2.36. The van der Waals surface area contributed by atoms with Gasteiger partial charge in [0, 0.05) is 24.5 Å². The maximum absolute atomic E-state index is 11.8. The van der Waals surface area contributed by atoms with Crippen molar-refractivity contribution in [3.8, 4) is 0 Å². The normalized spacial score (nSPS) is 23.1. The summed E-state index contributed by atoms with van der Waals surface area (Å²) in [6, 6.07) is 3.47. The molecule has 2 rings (SSSR count). The molecule has 1 aromatic carbocycles. The number of benzene rings is 1. The van der Waals surface area contributed by atoms with Crippen LogP contribution in [-0.4, -0.2) is 41.8 Å².